The lowest BCUT2D eigenvalue weighted by Gasteiger charge is -2.19. The van der Waals surface area contributed by atoms with Gasteiger partial charge in [-0.25, -0.2) is 9.78 Å². The van der Waals surface area contributed by atoms with Gasteiger partial charge in [0.15, 0.2) is 0 Å². The van der Waals surface area contributed by atoms with E-state index < -0.39 is 0 Å². The number of hydrogen-bond acceptors (Lipinski definition) is 5. The predicted molar refractivity (Wildman–Crippen MR) is 112 cm³/mol. The van der Waals surface area contributed by atoms with E-state index in [1.54, 1.807) is 14.2 Å². The fourth-order valence-corrected chi connectivity index (χ4v) is 3.61. The van der Waals surface area contributed by atoms with Crippen molar-refractivity contribution in [1.82, 2.24) is 4.98 Å². The molecule has 0 aliphatic carbocycles. The number of esters is 1. The molecule has 2 aromatic carbocycles. The highest BCUT2D eigenvalue weighted by Gasteiger charge is 2.22. The Hall–Kier alpha value is -3.12. The lowest BCUT2D eigenvalue weighted by molar-refractivity contribution is -0.908. The molecule has 3 rings (SSSR count). The first-order chi connectivity index (χ1) is 14.0. The highest BCUT2D eigenvalue weighted by atomic mass is 16.5. The smallest absolute Gasteiger partial charge is 0.340 e. The number of carbonyl (C=O) groups is 1. The van der Waals surface area contributed by atoms with Gasteiger partial charge in [0.05, 0.1) is 39.5 Å². The Labute approximate surface area is 171 Å². The molecule has 1 atom stereocenters. The van der Waals surface area contributed by atoms with Crippen LogP contribution in [0.15, 0.2) is 42.5 Å². The van der Waals surface area contributed by atoms with Crippen molar-refractivity contribution < 1.29 is 23.9 Å². The van der Waals surface area contributed by atoms with E-state index >= 15 is 0 Å². The van der Waals surface area contributed by atoms with Crippen molar-refractivity contribution in [1.29, 1.82) is 0 Å². The summed E-state index contributed by atoms with van der Waals surface area (Å²) in [6.07, 6.45) is 0. The molecule has 0 saturated heterocycles. The van der Waals surface area contributed by atoms with Gasteiger partial charge < -0.3 is 19.1 Å². The number of benzene rings is 2. The molecule has 0 spiro atoms. The molecule has 1 N–H and O–H groups in total. The Kier molecular flexibility index (Phi) is 6.34. The predicted octanol–water partition coefficient (Wildman–Crippen LogP) is 2.56. The van der Waals surface area contributed by atoms with E-state index in [1.165, 1.54) is 12.0 Å². The number of hydrogen-bond donors (Lipinski definition) is 1. The van der Waals surface area contributed by atoms with Gasteiger partial charge in [-0.3, -0.25) is 0 Å². The van der Waals surface area contributed by atoms with E-state index in [9.17, 15) is 4.79 Å². The van der Waals surface area contributed by atoms with Gasteiger partial charge in [0, 0.05) is 17.0 Å². The summed E-state index contributed by atoms with van der Waals surface area (Å²) in [5, 5.41) is 0.964. The summed E-state index contributed by atoms with van der Waals surface area (Å²) >= 11 is 0. The van der Waals surface area contributed by atoms with Crippen molar-refractivity contribution in [2.75, 3.05) is 28.4 Å². The molecule has 0 bridgehead atoms. The van der Waals surface area contributed by atoms with Crippen LogP contribution < -0.4 is 14.4 Å². The summed E-state index contributed by atoms with van der Waals surface area (Å²) in [5.74, 6) is 1.17. The van der Waals surface area contributed by atoms with Gasteiger partial charge in [0.25, 0.3) is 0 Å². The minimum atomic E-state index is -0.356. The van der Waals surface area contributed by atoms with Crippen molar-refractivity contribution in [2.45, 2.75) is 20.0 Å². The average Bonchev–Trinajstić information content (AvgIpc) is 2.73. The van der Waals surface area contributed by atoms with Crippen molar-refractivity contribution in [3.8, 4) is 11.5 Å². The topological polar surface area (TPSA) is 62.1 Å². The second kappa shape index (κ2) is 8.92. The second-order valence-corrected chi connectivity index (χ2v) is 7.06. The number of ether oxygens (including phenoxy) is 3. The molecular weight excluding hydrogens is 368 g/mol. The molecule has 1 heterocycles. The Morgan fingerprint density at radius 2 is 1.79 bits per heavy atom. The Morgan fingerprint density at radius 1 is 1.03 bits per heavy atom. The third-order valence-corrected chi connectivity index (χ3v) is 5.07. The number of methoxy groups -OCH3 is 3. The standard InChI is InChI=1S/C23H26N2O4/c1-15-18-8-6-7-9-19(18)24-20(22(15)23(26)29-5)14-25(2)13-16-10-11-17(27-3)12-21(16)28-4/h6-12H,13-14H2,1-5H3/p+1. The van der Waals surface area contributed by atoms with Crippen LogP contribution in [0.3, 0.4) is 0 Å². The first-order valence-corrected chi connectivity index (χ1v) is 9.47. The molecule has 152 valence electrons. The maximum atomic E-state index is 12.5. The monoisotopic (exact) mass is 395 g/mol. The van der Waals surface area contributed by atoms with Crippen LogP contribution in [0.2, 0.25) is 0 Å². The van der Waals surface area contributed by atoms with Gasteiger partial charge in [0.2, 0.25) is 0 Å². The molecule has 0 fully saturated rings. The molecule has 0 aliphatic heterocycles. The van der Waals surface area contributed by atoms with Gasteiger partial charge in [-0.2, -0.15) is 0 Å². The van der Waals surface area contributed by atoms with Gasteiger partial charge in [-0.1, -0.05) is 18.2 Å². The number of aryl methyl sites for hydroxylation is 1. The van der Waals surface area contributed by atoms with Gasteiger partial charge in [0.1, 0.15) is 30.3 Å². The Morgan fingerprint density at radius 3 is 2.48 bits per heavy atom. The normalized spacial score (nSPS) is 11.9. The number of pyridine rings is 1. The van der Waals surface area contributed by atoms with Crippen LogP contribution in [0.4, 0.5) is 0 Å². The van der Waals surface area contributed by atoms with Crippen LogP contribution in [-0.4, -0.2) is 39.3 Å². The van der Waals surface area contributed by atoms with Crippen LogP contribution in [0.1, 0.15) is 27.2 Å². The highest BCUT2D eigenvalue weighted by molar-refractivity contribution is 5.98. The molecular formula is C23H27N2O4+. The molecule has 1 unspecified atom stereocenters. The van der Waals surface area contributed by atoms with E-state index in [2.05, 4.69) is 7.05 Å². The van der Waals surface area contributed by atoms with E-state index in [0.29, 0.717) is 18.7 Å². The molecule has 0 saturated carbocycles. The number of fused-ring (bicyclic) bond motifs is 1. The van der Waals surface area contributed by atoms with Crippen molar-refractivity contribution in [3.63, 3.8) is 0 Å². The number of rotatable bonds is 7. The summed E-state index contributed by atoms with van der Waals surface area (Å²) in [5.41, 5.74) is 4.11. The van der Waals surface area contributed by atoms with Crippen LogP contribution in [-0.2, 0) is 17.8 Å². The van der Waals surface area contributed by atoms with Crippen molar-refractivity contribution >= 4 is 16.9 Å². The molecule has 3 aromatic rings. The third-order valence-electron chi connectivity index (χ3n) is 5.07. The summed E-state index contributed by atoms with van der Waals surface area (Å²) in [6, 6.07) is 13.6. The number of nitrogens with zero attached hydrogens (tertiary/aromatic N) is 1. The zero-order chi connectivity index (χ0) is 21.0. The minimum absolute atomic E-state index is 0.356. The third kappa shape index (κ3) is 4.32. The van der Waals surface area contributed by atoms with Crippen LogP contribution in [0, 0.1) is 6.92 Å². The zero-order valence-electron chi connectivity index (χ0n) is 17.5. The maximum absolute atomic E-state index is 12.5. The summed E-state index contributed by atoms with van der Waals surface area (Å²) in [6.45, 7) is 3.23. The van der Waals surface area contributed by atoms with Crippen LogP contribution in [0.25, 0.3) is 10.9 Å². The molecule has 6 nitrogen and oxygen atoms in total. The number of nitrogens with one attached hydrogen (secondary N) is 1. The number of quaternary nitrogens is 1. The quantitative estimate of drug-likeness (QED) is 0.623. The lowest BCUT2D eigenvalue weighted by atomic mass is 10.0. The first-order valence-electron chi connectivity index (χ1n) is 9.47. The summed E-state index contributed by atoms with van der Waals surface area (Å²) < 4.78 is 15.8. The number of carbonyl (C=O) groups excluding carboxylic acids is 1. The SMILES string of the molecule is COC(=O)c1c(C[NH+](C)Cc2ccc(OC)cc2OC)nc2ccccc2c1C. The van der Waals surface area contributed by atoms with E-state index in [-0.39, 0.29) is 5.97 Å². The fourth-order valence-electron chi connectivity index (χ4n) is 3.61. The second-order valence-electron chi connectivity index (χ2n) is 7.06. The van der Waals surface area contributed by atoms with Gasteiger partial charge in [-0.15, -0.1) is 0 Å². The average molecular weight is 395 g/mol. The van der Waals surface area contributed by atoms with Gasteiger partial charge in [-0.05, 0) is 30.7 Å². The molecule has 0 aliphatic rings. The molecule has 6 heteroatoms. The zero-order valence-corrected chi connectivity index (χ0v) is 17.5. The Bertz CT molecular complexity index is 1030. The van der Waals surface area contributed by atoms with E-state index in [1.807, 2.05) is 49.4 Å². The maximum Gasteiger partial charge on any atom is 0.340 e. The van der Waals surface area contributed by atoms with Gasteiger partial charge >= 0.3 is 5.97 Å². The van der Waals surface area contributed by atoms with Crippen LogP contribution >= 0.6 is 0 Å². The number of aromatic nitrogens is 1. The number of para-hydroxylation sites is 1. The van der Waals surface area contributed by atoms with E-state index in [4.69, 9.17) is 19.2 Å². The van der Waals surface area contributed by atoms with Crippen molar-refractivity contribution in [2.24, 2.45) is 0 Å². The minimum Gasteiger partial charge on any atom is -0.497 e. The van der Waals surface area contributed by atoms with Crippen molar-refractivity contribution in [3.05, 3.63) is 64.8 Å². The fraction of sp³-hybridized carbons (Fsp3) is 0.304. The Balaban J connectivity index is 1.94. The first kappa shape index (κ1) is 20.6. The highest BCUT2D eigenvalue weighted by Crippen LogP contribution is 2.25. The summed E-state index contributed by atoms with van der Waals surface area (Å²) in [7, 11) is 6.75. The molecule has 0 radical (unpaired) electrons. The molecule has 29 heavy (non-hydrogen) atoms. The van der Waals surface area contributed by atoms with E-state index in [0.717, 1.165) is 39.2 Å². The largest absolute Gasteiger partial charge is 0.497 e. The summed E-state index contributed by atoms with van der Waals surface area (Å²) in [4.78, 5) is 18.5. The lowest BCUT2D eigenvalue weighted by Crippen LogP contribution is -3.06. The molecule has 0 amide bonds. The van der Waals surface area contributed by atoms with Crippen LogP contribution in [0.5, 0.6) is 11.5 Å². The molecule has 1 aromatic heterocycles.